The van der Waals surface area contributed by atoms with Crippen molar-refractivity contribution in [3.8, 4) is 17.2 Å². The van der Waals surface area contributed by atoms with Crippen molar-refractivity contribution < 1.29 is 14.3 Å². The van der Waals surface area contributed by atoms with Crippen LogP contribution in [-0.4, -0.2) is 18.4 Å². The number of hydrogen-bond donors (Lipinski definition) is 0. The van der Waals surface area contributed by atoms with E-state index in [9.17, 15) is 4.79 Å². The Morgan fingerprint density at radius 1 is 1.08 bits per heavy atom. The zero-order chi connectivity index (χ0) is 17.4. The van der Waals surface area contributed by atoms with E-state index in [1.165, 1.54) is 11.1 Å². The highest BCUT2D eigenvalue weighted by molar-refractivity contribution is 5.88. The summed E-state index contributed by atoms with van der Waals surface area (Å²) in [5, 5.41) is 1.02. The number of nitrogens with zero attached hydrogens (tertiary/aromatic N) is 1. The monoisotopic (exact) mass is 333 g/mol. The molecule has 0 fully saturated rings. The van der Waals surface area contributed by atoms with Crippen LogP contribution in [-0.2, 0) is 12.8 Å². The molecule has 0 saturated heterocycles. The Morgan fingerprint density at radius 3 is 2.76 bits per heavy atom. The van der Waals surface area contributed by atoms with Crippen LogP contribution in [0.5, 0.6) is 17.2 Å². The van der Waals surface area contributed by atoms with Crippen LogP contribution in [0, 0.1) is 6.92 Å². The van der Waals surface area contributed by atoms with Gasteiger partial charge in [0.05, 0.1) is 12.6 Å². The molecule has 0 bridgehead atoms. The van der Waals surface area contributed by atoms with Crippen LogP contribution in [0.4, 0.5) is 0 Å². The van der Waals surface area contributed by atoms with Gasteiger partial charge < -0.3 is 9.47 Å². The zero-order valence-corrected chi connectivity index (χ0v) is 14.3. The number of carbonyl (C=O) groups excluding carboxylic acids is 1. The Balaban J connectivity index is 1.89. The highest BCUT2D eigenvalue weighted by Gasteiger charge is 2.22. The summed E-state index contributed by atoms with van der Waals surface area (Å²) < 4.78 is 11.7. The summed E-state index contributed by atoms with van der Waals surface area (Å²) in [6.45, 7) is 2.07. The quantitative estimate of drug-likeness (QED) is 0.652. The molecule has 0 radical (unpaired) electrons. The highest BCUT2D eigenvalue weighted by atomic mass is 16.5. The van der Waals surface area contributed by atoms with Crippen LogP contribution < -0.4 is 9.47 Å². The van der Waals surface area contributed by atoms with Crippen molar-refractivity contribution in [2.75, 3.05) is 7.11 Å². The third kappa shape index (κ3) is 2.74. The lowest BCUT2D eigenvalue weighted by atomic mass is 10.1. The van der Waals surface area contributed by atoms with Crippen molar-refractivity contribution in [1.29, 1.82) is 0 Å². The molecule has 126 valence electrons. The van der Waals surface area contributed by atoms with Gasteiger partial charge in [0, 0.05) is 22.2 Å². The maximum Gasteiger partial charge on any atom is 0.169 e. The molecule has 0 spiro atoms. The van der Waals surface area contributed by atoms with E-state index < -0.39 is 0 Å². The highest BCUT2D eigenvalue weighted by Crippen LogP contribution is 2.41. The second-order valence-electron chi connectivity index (χ2n) is 6.37. The predicted octanol–water partition coefficient (Wildman–Crippen LogP) is 4.65. The second kappa shape index (κ2) is 6.20. The lowest BCUT2D eigenvalue weighted by molar-refractivity contribution is 0.112. The molecule has 25 heavy (non-hydrogen) atoms. The third-order valence-electron chi connectivity index (χ3n) is 4.65. The van der Waals surface area contributed by atoms with Crippen LogP contribution in [0.15, 0.2) is 36.4 Å². The number of aromatic nitrogens is 1. The molecule has 1 aliphatic rings. The zero-order valence-electron chi connectivity index (χ0n) is 14.3. The van der Waals surface area contributed by atoms with Gasteiger partial charge in [-0.05, 0) is 56.5 Å². The van der Waals surface area contributed by atoms with Gasteiger partial charge >= 0.3 is 0 Å². The summed E-state index contributed by atoms with van der Waals surface area (Å²) in [7, 11) is 1.58. The minimum Gasteiger partial charge on any atom is -0.493 e. The Morgan fingerprint density at radius 2 is 1.96 bits per heavy atom. The maximum atomic E-state index is 11.0. The van der Waals surface area contributed by atoms with E-state index in [-0.39, 0.29) is 0 Å². The van der Waals surface area contributed by atoms with Gasteiger partial charge in [0.25, 0.3) is 0 Å². The van der Waals surface area contributed by atoms with Gasteiger partial charge in [0.2, 0.25) is 0 Å². The van der Waals surface area contributed by atoms with Crippen molar-refractivity contribution in [2.24, 2.45) is 0 Å². The molecular weight excluding hydrogens is 314 g/mol. The van der Waals surface area contributed by atoms with Gasteiger partial charge in [-0.15, -0.1) is 0 Å². The normalized spacial score (nSPS) is 12.9. The molecule has 0 atom stereocenters. The number of ether oxygens (including phenoxy) is 2. The van der Waals surface area contributed by atoms with Gasteiger partial charge in [-0.2, -0.15) is 0 Å². The minimum atomic E-state index is 0.550. The van der Waals surface area contributed by atoms with Crippen molar-refractivity contribution in [3.63, 3.8) is 0 Å². The van der Waals surface area contributed by atoms with Crippen LogP contribution in [0.3, 0.4) is 0 Å². The number of carbonyl (C=O) groups is 1. The molecule has 0 amide bonds. The van der Waals surface area contributed by atoms with E-state index in [1.54, 1.807) is 25.3 Å². The van der Waals surface area contributed by atoms with Gasteiger partial charge in [-0.1, -0.05) is 11.6 Å². The predicted molar refractivity (Wildman–Crippen MR) is 97.0 cm³/mol. The van der Waals surface area contributed by atoms with Gasteiger partial charge in [-0.3, -0.25) is 9.78 Å². The van der Waals surface area contributed by atoms with E-state index >= 15 is 0 Å². The average molecular weight is 333 g/mol. The molecule has 1 aromatic heterocycles. The number of benzene rings is 2. The molecule has 0 unspecified atom stereocenters. The fourth-order valence-electron chi connectivity index (χ4n) is 3.40. The summed E-state index contributed by atoms with van der Waals surface area (Å²) in [5.41, 5.74) is 4.98. The Bertz CT molecular complexity index is 979. The molecular formula is C21H19NO3. The largest absolute Gasteiger partial charge is 0.493 e. The average Bonchev–Trinajstić information content (AvgIpc) is 3.10. The molecule has 1 aliphatic carbocycles. The standard InChI is InChI=1S/C21H19NO3/c1-13-6-8-18-16(10-13)21(15-4-3-5-17(15)22-18)25-19-9-7-14(12-23)11-20(19)24-2/h6-12H,3-5H2,1-2H3. The molecule has 1 heterocycles. The topological polar surface area (TPSA) is 48.4 Å². The number of methoxy groups -OCH3 is 1. The summed E-state index contributed by atoms with van der Waals surface area (Å²) in [6, 6.07) is 11.4. The number of fused-ring (bicyclic) bond motifs is 2. The van der Waals surface area contributed by atoms with Crippen molar-refractivity contribution >= 4 is 17.2 Å². The van der Waals surface area contributed by atoms with E-state index in [0.29, 0.717) is 17.1 Å². The Hall–Kier alpha value is -2.88. The molecule has 4 rings (SSSR count). The van der Waals surface area contributed by atoms with Crippen molar-refractivity contribution in [2.45, 2.75) is 26.2 Å². The third-order valence-corrected chi connectivity index (χ3v) is 4.65. The Labute approximate surface area is 146 Å². The Kier molecular flexibility index (Phi) is 3.88. The van der Waals surface area contributed by atoms with Crippen LogP contribution >= 0.6 is 0 Å². The summed E-state index contributed by atoms with van der Waals surface area (Å²) in [5.74, 6) is 2.02. The fraction of sp³-hybridized carbons (Fsp3) is 0.238. The molecule has 0 saturated carbocycles. The lowest BCUT2D eigenvalue weighted by Gasteiger charge is -2.16. The number of aldehydes is 1. The van der Waals surface area contributed by atoms with E-state index in [2.05, 4.69) is 19.1 Å². The minimum absolute atomic E-state index is 0.550. The lowest BCUT2D eigenvalue weighted by Crippen LogP contribution is -1.98. The van der Waals surface area contributed by atoms with Crippen LogP contribution in [0.25, 0.3) is 10.9 Å². The van der Waals surface area contributed by atoms with E-state index in [1.807, 2.05) is 6.07 Å². The molecule has 2 aromatic carbocycles. The number of rotatable bonds is 4. The number of aryl methyl sites for hydroxylation is 2. The van der Waals surface area contributed by atoms with Crippen molar-refractivity contribution in [3.05, 3.63) is 58.8 Å². The van der Waals surface area contributed by atoms with Crippen LogP contribution in [0.2, 0.25) is 0 Å². The van der Waals surface area contributed by atoms with Crippen molar-refractivity contribution in [1.82, 2.24) is 4.98 Å². The molecule has 0 aliphatic heterocycles. The molecule has 4 nitrogen and oxygen atoms in total. The fourth-order valence-corrected chi connectivity index (χ4v) is 3.40. The second-order valence-corrected chi connectivity index (χ2v) is 6.37. The first kappa shape index (κ1) is 15.6. The first-order valence-corrected chi connectivity index (χ1v) is 8.43. The molecule has 3 aromatic rings. The summed E-state index contributed by atoms with van der Waals surface area (Å²) in [4.78, 5) is 15.8. The summed E-state index contributed by atoms with van der Waals surface area (Å²) >= 11 is 0. The molecule has 4 heteroatoms. The number of pyridine rings is 1. The first-order chi connectivity index (χ1) is 12.2. The van der Waals surface area contributed by atoms with Crippen LogP contribution in [0.1, 0.15) is 33.6 Å². The number of hydrogen-bond acceptors (Lipinski definition) is 4. The smallest absolute Gasteiger partial charge is 0.169 e. The maximum absolute atomic E-state index is 11.0. The van der Waals surface area contributed by atoms with E-state index in [4.69, 9.17) is 14.5 Å². The first-order valence-electron chi connectivity index (χ1n) is 8.43. The molecule has 0 N–H and O–H groups in total. The van der Waals surface area contributed by atoms with Gasteiger partial charge in [-0.25, -0.2) is 0 Å². The van der Waals surface area contributed by atoms with Gasteiger partial charge in [0.1, 0.15) is 12.0 Å². The SMILES string of the molecule is COc1cc(C=O)ccc1Oc1c2c(nc3ccc(C)cc13)CCC2. The summed E-state index contributed by atoms with van der Waals surface area (Å²) in [6.07, 6.45) is 3.84. The van der Waals surface area contributed by atoms with Gasteiger partial charge in [0.15, 0.2) is 11.5 Å². The van der Waals surface area contributed by atoms with E-state index in [0.717, 1.165) is 47.9 Å².